The lowest BCUT2D eigenvalue weighted by Crippen LogP contribution is -2.40. The molecule has 0 saturated carbocycles. The highest BCUT2D eigenvalue weighted by molar-refractivity contribution is 14.0. The van der Waals surface area contributed by atoms with E-state index >= 15 is 0 Å². The van der Waals surface area contributed by atoms with Gasteiger partial charge in [0, 0.05) is 26.0 Å². The molecule has 1 rings (SSSR count). The van der Waals surface area contributed by atoms with Crippen LogP contribution >= 0.6 is 24.0 Å². The lowest BCUT2D eigenvalue weighted by atomic mass is 9.94. The molecule has 0 amide bonds. The van der Waals surface area contributed by atoms with Crippen molar-refractivity contribution in [2.24, 2.45) is 16.8 Å². The number of rotatable bonds is 10. The van der Waals surface area contributed by atoms with Gasteiger partial charge in [-0.1, -0.05) is 26.0 Å². The Labute approximate surface area is 187 Å². The molecule has 0 spiro atoms. The Hall–Kier alpha value is -0.870. The minimum Gasteiger partial charge on any atom is -0.396 e. The standard InChI is InChI=1S/C20H35N3O3S.HI/c1-6-21-20(23-14-18(9-10-24)11-15(2)3)22-13-17-7-8-19(16(4)12-17)27(5,25)26;/h7-8,12,15,18,24H,6,9-11,13-14H2,1-5H3,(H2,21,22,23);1H. The Bertz CT molecular complexity index is 721. The number of benzene rings is 1. The summed E-state index contributed by atoms with van der Waals surface area (Å²) in [5.74, 6) is 1.71. The summed E-state index contributed by atoms with van der Waals surface area (Å²) in [6.45, 7) is 10.4. The normalized spacial score (nSPS) is 13.2. The van der Waals surface area contributed by atoms with E-state index in [2.05, 4.69) is 29.5 Å². The topological polar surface area (TPSA) is 90.8 Å². The van der Waals surface area contributed by atoms with Crippen LogP contribution in [0.2, 0.25) is 0 Å². The van der Waals surface area contributed by atoms with Gasteiger partial charge < -0.3 is 15.7 Å². The van der Waals surface area contributed by atoms with Crippen LogP contribution in [0.4, 0.5) is 0 Å². The summed E-state index contributed by atoms with van der Waals surface area (Å²) in [5, 5.41) is 15.9. The zero-order valence-corrected chi connectivity index (χ0v) is 20.8. The van der Waals surface area contributed by atoms with Gasteiger partial charge in [-0.25, -0.2) is 13.4 Å². The molecule has 28 heavy (non-hydrogen) atoms. The molecule has 0 bridgehead atoms. The molecule has 6 nitrogen and oxygen atoms in total. The van der Waals surface area contributed by atoms with Crippen LogP contribution in [0.3, 0.4) is 0 Å². The molecule has 1 aromatic rings. The molecule has 1 unspecified atom stereocenters. The van der Waals surface area contributed by atoms with Crippen molar-refractivity contribution in [1.29, 1.82) is 0 Å². The van der Waals surface area contributed by atoms with Gasteiger partial charge in [-0.05, 0) is 55.7 Å². The van der Waals surface area contributed by atoms with Crippen LogP contribution in [-0.2, 0) is 16.4 Å². The number of hydrogen-bond acceptors (Lipinski definition) is 4. The van der Waals surface area contributed by atoms with Gasteiger partial charge in [-0.3, -0.25) is 0 Å². The quantitative estimate of drug-likeness (QED) is 0.248. The maximum absolute atomic E-state index is 11.7. The fourth-order valence-corrected chi connectivity index (χ4v) is 4.09. The Morgan fingerprint density at radius 3 is 2.43 bits per heavy atom. The van der Waals surface area contributed by atoms with Gasteiger partial charge in [0.25, 0.3) is 0 Å². The van der Waals surface area contributed by atoms with Crippen molar-refractivity contribution in [1.82, 2.24) is 10.6 Å². The van der Waals surface area contributed by atoms with E-state index < -0.39 is 9.84 Å². The first kappa shape index (κ1) is 27.1. The predicted octanol–water partition coefficient (Wildman–Crippen LogP) is 3.12. The Morgan fingerprint density at radius 1 is 1.25 bits per heavy atom. The summed E-state index contributed by atoms with van der Waals surface area (Å²) in [6, 6.07) is 5.33. The predicted molar refractivity (Wildman–Crippen MR) is 127 cm³/mol. The molecule has 1 atom stereocenters. The number of nitrogens with zero attached hydrogens (tertiary/aromatic N) is 1. The number of aliphatic hydroxyl groups is 1. The third-order valence-corrected chi connectivity index (χ3v) is 5.56. The number of aliphatic hydroxyl groups excluding tert-OH is 1. The summed E-state index contributed by atoms with van der Waals surface area (Å²) in [4.78, 5) is 4.97. The van der Waals surface area contributed by atoms with Gasteiger partial charge in [0.1, 0.15) is 0 Å². The summed E-state index contributed by atoms with van der Waals surface area (Å²) in [5.41, 5.74) is 1.70. The SMILES string of the molecule is CCNC(=NCc1ccc(S(C)(=O)=O)c(C)c1)NCC(CCO)CC(C)C.I. The average molecular weight is 525 g/mol. The fraction of sp³-hybridized carbons (Fsp3) is 0.650. The number of guanidine groups is 1. The van der Waals surface area contributed by atoms with Gasteiger partial charge in [0.15, 0.2) is 15.8 Å². The van der Waals surface area contributed by atoms with Crippen molar-refractivity contribution in [3.63, 3.8) is 0 Å². The first-order chi connectivity index (χ1) is 12.7. The van der Waals surface area contributed by atoms with Crippen LogP contribution in [0.15, 0.2) is 28.1 Å². The van der Waals surface area contributed by atoms with E-state index in [1.54, 1.807) is 13.0 Å². The molecule has 0 radical (unpaired) electrons. The molecule has 8 heteroatoms. The average Bonchev–Trinajstić information content (AvgIpc) is 2.55. The van der Waals surface area contributed by atoms with E-state index in [1.807, 2.05) is 19.1 Å². The fourth-order valence-electron chi connectivity index (χ4n) is 3.13. The zero-order valence-electron chi connectivity index (χ0n) is 17.7. The van der Waals surface area contributed by atoms with Gasteiger partial charge >= 0.3 is 0 Å². The van der Waals surface area contributed by atoms with Crippen LogP contribution in [0, 0.1) is 18.8 Å². The van der Waals surface area contributed by atoms with E-state index in [0.717, 1.165) is 43.0 Å². The van der Waals surface area contributed by atoms with E-state index in [0.29, 0.717) is 23.3 Å². The molecule has 0 aliphatic carbocycles. The van der Waals surface area contributed by atoms with Crippen molar-refractivity contribution in [2.75, 3.05) is 26.0 Å². The second-order valence-electron chi connectivity index (χ2n) is 7.46. The van der Waals surface area contributed by atoms with Crippen molar-refractivity contribution < 1.29 is 13.5 Å². The van der Waals surface area contributed by atoms with Crippen LogP contribution < -0.4 is 10.6 Å². The van der Waals surface area contributed by atoms with Crippen LogP contribution in [0.5, 0.6) is 0 Å². The maximum atomic E-state index is 11.7. The number of aliphatic imine (C=N–C) groups is 1. The Morgan fingerprint density at radius 2 is 1.93 bits per heavy atom. The van der Waals surface area contributed by atoms with E-state index in [4.69, 9.17) is 0 Å². The zero-order chi connectivity index (χ0) is 20.4. The molecule has 1 aromatic carbocycles. The number of aryl methyl sites for hydroxylation is 1. The number of sulfone groups is 1. The summed E-state index contributed by atoms with van der Waals surface area (Å²) in [6.07, 6.45) is 3.05. The monoisotopic (exact) mass is 525 g/mol. The number of hydrogen-bond donors (Lipinski definition) is 3. The third kappa shape index (κ3) is 10.1. The minimum absolute atomic E-state index is 0. The summed E-state index contributed by atoms with van der Waals surface area (Å²) < 4.78 is 23.5. The Kier molecular flexibility index (Phi) is 13.0. The molecule has 0 aromatic heterocycles. The van der Waals surface area contributed by atoms with Crippen LogP contribution in [0.1, 0.15) is 44.7 Å². The molecule has 0 fully saturated rings. The van der Waals surface area contributed by atoms with Crippen LogP contribution in [0.25, 0.3) is 0 Å². The highest BCUT2D eigenvalue weighted by atomic mass is 127. The summed E-state index contributed by atoms with van der Waals surface area (Å²) in [7, 11) is -3.20. The second kappa shape index (κ2) is 13.4. The highest BCUT2D eigenvalue weighted by Crippen LogP contribution is 2.17. The third-order valence-electron chi connectivity index (χ3n) is 4.30. The molecule has 162 valence electrons. The van der Waals surface area contributed by atoms with Crippen LogP contribution in [-0.4, -0.2) is 45.4 Å². The number of halogens is 1. The molecule has 3 N–H and O–H groups in total. The highest BCUT2D eigenvalue weighted by Gasteiger charge is 2.12. The largest absolute Gasteiger partial charge is 0.396 e. The number of nitrogens with one attached hydrogen (secondary N) is 2. The van der Waals surface area contributed by atoms with Gasteiger partial charge in [-0.15, -0.1) is 24.0 Å². The van der Waals surface area contributed by atoms with E-state index in [-0.39, 0.29) is 30.6 Å². The van der Waals surface area contributed by atoms with E-state index in [1.165, 1.54) is 6.26 Å². The maximum Gasteiger partial charge on any atom is 0.191 e. The lowest BCUT2D eigenvalue weighted by molar-refractivity contribution is 0.243. The second-order valence-corrected chi connectivity index (χ2v) is 9.44. The van der Waals surface area contributed by atoms with Crippen molar-refractivity contribution in [3.8, 4) is 0 Å². The lowest BCUT2D eigenvalue weighted by Gasteiger charge is -2.20. The van der Waals surface area contributed by atoms with Crippen molar-refractivity contribution in [3.05, 3.63) is 29.3 Å². The van der Waals surface area contributed by atoms with Gasteiger partial charge in [0.05, 0.1) is 11.4 Å². The minimum atomic E-state index is -3.20. The first-order valence-corrected chi connectivity index (χ1v) is 11.5. The smallest absolute Gasteiger partial charge is 0.191 e. The molecule has 0 saturated heterocycles. The van der Waals surface area contributed by atoms with E-state index in [9.17, 15) is 13.5 Å². The van der Waals surface area contributed by atoms with Crippen molar-refractivity contribution in [2.45, 2.75) is 52.0 Å². The first-order valence-electron chi connectivity index (χ1n) is 9.60. The van der Waals surface area contributed by atoms with Gasteiger partial charge in [-0.2, -0.15) is 0 Å². The molecular weight excluding hydrogens is 489 g/mol. The Balaban J connectivity index is 0.00000729. The molecule has 0 heterocycles. The summed E-state index contributed by atoms with van der Waals surface area (Å²) >= 11 is 0. The van der Waals surface area contributed by atoms with Crippen molar-refractivity contribution >= 4 is 39.8 Å². The molecule has 0 aliphatic rings. The molecular formula is C20H36IN3O3S. The molecule has 0 aliphatic heterocycles. The van der Waals surface area contributed by atoms with Gasteiger partial charge in [0.2, 0.25) is 0 Å².